The Morgan fingerprint density at radius 3 is 3.04 bits per heavy atom. The van der Waals surface area contributed by atoms with Gasteiger partial charge in [-0.2, -0.15) is 10.6 Å². The van der Waals surface area contributed by atoms with Crippen molar-refractivity contribution in [3.63, 3.8) is 0 Å². The molecular formula is C18H16N6OS2. The van der Waals surface area contributed by atoms with Gasteiger partial charge in [0.15, 0.2) is 4.34 Å². The van der Waals surface area contributed by atoms with Gasteiger partial charge in [0.05, 0.1) is 23.5 Å². The molecule has 0 aliphatic rings. The van der Waals surface area contributed by atoms with Crippen molar-refractivity contribution >= 4 is 39.5 Å². The number of methoxy groups -OCH3 is 1. The maximum absolute atomic E-state index is 5.50. The first kappa shape index (κ1) is 17.5. The summed E-state index contributed by atoms with van der Waals surface area (Å²) in [6.07, 6.45) is 4.70. The molecule has 7 nitrogen and oxygen atoms in total. The molecule has 136 valence electrons. The van der Waals surface area contributed by atoms with Gasteiger partial charge in [-0.3, -0.25) is 0 Å². The Kier molecular flexibility index (Phi) is 5.31. The van der Waals surface area contributed by atoms with Crippen LogP contribution in [0.15, 0.2) is 64.6 Å². The largest absolute Gasteiger partial charge is 0.496 e. The van der Waals surface area contributed by atoms with Crippen molar-refractivity contribution in [3.05, 3.63) is 66.2 Å². The first-order valence-corrected chi connectivity index (χ1v) is 9.91. The van der Waals surface area contributed by atoms with Crippen molar-refractivity contribution < 1.29 is 4.74 Å². The molecule has 4 rings (SSSR count). The summed E-state index contributed by atoms with van der Waals surface area (Å²) >= 11 is 3.41. The predicted octanol–water partition coefficient (Wildman–Crippen LogP) is 3.77. The number of ether oxygens (including phenoxy) is 1. The number of fused-ring (bicyclic) bond motifs is 1. The van der Waals surface area contributed by atoms with Crippen molar-refractivity contribution in [2.24, 2.45) is 5.10 Å². The van der Waals surface area contributed by atoms with Crippen LogP contribution in [0.1, 0.15) is 11.1 Å². The second kappa shape index (κ2) is 8.19. The summed E-state index contributed by atoms with van der Waals surface area (Å²) in [5.41, 5.74) is 5.85. The Labute approximate surface area is 164 Å². The fraction of sp³-hybridized carbons (Fsp3) is 0.111. The van der Waals surface area contributed by atoms with E-state index in [1.165, 1.54) is 22.1 Å². The predicted molar refractivity (Wildman–Crippen MR) is 109 cm³/mol. The van der Waals surface area contributed by atoms with Crippen LogP contribution < -0.4 is 10.3 Å². The van der Waals surface area contributed by atoms with Crippen molar-refractivity contribution in [2.45, 2.75) is 10.1 Å². The summed E-state index contributed by atoms with van der Waals surface area (Å²) in [6.45, 7) is 0. The second-order valence-electron chi connectivity index (χ2n) is 5.51. The molecule has 0 fully saturated rings. The number of nitrogens with zero attached hydrogens (tertiary/aromatic N) is 5. The first-order chi connectivity index (χ1) is 13.3. The zero-order valence-corrected chi connectivity index (χ0v) is 16.1. The molecule has 0 saturated carbocycles. The third-order valence-corrected chi connectivity index (χ3v) is 5.95. The van der Waals surface area contributed by atoms with Crippen molar-refractivity contribution in [1.82, 2.24) is 19.9 Å². The second-order valence-corrected chi connectivity index (χ2v) is 7.76. The summed E-state index contributed by atoms with van der Waals surface area (Å²) in [5, 5.41) is 8.08. The lowest BCUT2D eigenvalue weighted by molar-refractivity contribution is 0.411. The van der Waals surface area contributed by atoms with Gasteiger partial charge >= 0.3 is 0 Å². The maximum Gasteiger partial charge on any atom is 0.151 e. The summed E-state index contributed by atoms with van der Waals surface area (Å²) < 4.78 is 7.75. The van der Waals surface area contributed by atoms with E-state index in [9.17, 15) is 0 Å². The smallest absolute Gasteiger partial charge is 0.151 e. The standard InChI is InChI=1S/C18H16N6OS2/c1-25-16-7-6-13(9-20-23-24-12-19-11-21-24)8-14(16)10-26-18-22-15-4-2-3-5-17(15)27-18/h2-9,11-12,23H,10H2,1H3. The van der Waals surface area contributed by atoms with E-state index in [4.69, 9.17) is 4.74 Å². The Morgan fingerprint density at radius 1 is 1.30 bits per heavy atom. The van der Waals surface area contributed by atoms with Crippen LogP contribution in [0.4, 0.5) is 0 Å². The highest BCUT2D eigenvalue weighted by Gasteiger charge is 2.08. The number of hydrazone groups is 1. The quantitative estimate of drug-likeness (QED) is 0.291. The molecule has 0 spiro atoms. The molecule has 0 unspecified atom stereocenters. The number of hydrogen-bond acceptors (Lipinski definition) is 8. The van der Waals surface area contributed by atoms with E-state index in [2.05, 4.69) is 37.8 Å². The van der Waals surface area contributed by atoms with Gasteiger partial charge in [0.1, 0.15) is 18.4 Å². The molecule has 2 aromatic carbocycles. The van der Waals surface area contributed by atoms with E-state index in [0.717, 1.165) is 32.5 Å². The minimum atomic E-state index is 0.765. The maximum atomic E-state index is 5.50. The number of thiazole rings is 1. The lowest BCUT2D eigenvalue weighted by Gasteiger charge is -2.08. The summed E-state index contributed by atoms with van der Waals surface area (Å²) in [7, 11) is 1.68. The molecule has 4 aromatic rings. The van der Waals surface area contributed by atoms with E-state index < -0.39 is 0 Å². The number of thioether (sulfide) groups is 1. The Morgan fingerprint density at radius 2 is 2.22 bits per heavy atom. The molecule has 2 aromatic heterocycles. The number of hydrogen-bond donors (Lipinski definition) is 1. The van der Waals surface area contributed by atoms with Crippen LogP contribution in [0.3, 0.4) is 0 Å². The monoisotopic (exact) mass is 396 g/mol. The highest BCUT2D eigenvalue weighted by molar-refractivity contribution is 8.00. The third-order valence-electron chi connectivity index (χ3n) is 3.72. The number of para-hydroxylation sites is 1. The zero-order valence-electron chi connectivity index (χ0n) is 14.4. The first-order valence-electron chi connectivity index (χ1n) is 8.11. The molecule has 0 aliphatic heterocycles. The van der Waals surface area contributed by atoms with Crippen LogP contribution in [0.25, 0.3) is 10.2 Å². The Bertz CT molecular complexity index is 1030. The molecule has 0 bridgehead atoms. The van der Waals surface area contributed by atoms with Crippen LogP contribution in [-0.4, -0.2) is 33.2 Å². The molecular weight excluding hydrogens is 380 g/mol. The summed E-state index contributed by atoms with van der Waals surface area (Å²) in [6, 6.07) is 14.1. The van der Waals surface area contributed by atoms with Crippen LogP contribution in [0.5, 0.6) is 5.75 Å². The minimum Gasteiger partial charge on any atom is -0.496 e. The van der Waals surface area contributed by atoms with Gasteiger partial charge in [0.25, 0.3) is 0 Å². The number of rotatable bonds is 7. The molecule has 1 N–H and O–H groups in total. The van der Waals surface area contributed by atoms with Gasteiger partial charge in [-0.05, 0) is 35.9 Å². The molecule has 0 atom stereocenters. The van der Waals surface area contributed by atoms with E-state index in [1.807, 2.05) is 30.3 Å². The summed E-state index contributed by atoms with van der Waals surface area (Å²) in [4.78, 5) is 9.94. The Balaban J connectivity index is 1.47. The fourth-order valence-electron chi connectivity index (χ4n) is 2.47. The molecule has 0 amide bonds. The highest BCUT2D eigenvalue weighted by Crippen LogP contribution is 2.33. The summed E-state index contributed by atoms with van der Waals surface area (Å²) in [5.74, 6) is 1.62. The molecule has 0 saturated heterocycles. The zero-order chi connectivity index (χ0) is 18.5. The van der Waals surface area contributed by atoms with Crippen molar-refractivity contribution in [2.75, 3.05) is 12.6 Å². The van der Waals surface area contributed by atoms with E-state index in [-0.39, 0.29) is 0 Å². The van der Waals surface area contributed by atoms with Crippen LogP contribution in [-0.2, 0) is 5.75 Å². The van der Waals surface area contributed by atoms with Gasteiger partial charge < -0.3 is 4.74 Å². The van der Waals surface area contributed by atoms with E-state index >= 15 is 0 Å². The molecule has 0 aliphatic carbocycles. The van der Waals surface area contributed by atoms with Crippen LogP contribution >= 0.6 is 23.1 Å². The van der Waals surface area contributed by atoms with Crippen LogP contribution in [0, 0.1) is 0 Å². The van der Waals surface area contributed by atoms with Gasteiger partial charge in [0, 0.05) is 11.3 Å². The van der Waals surface area contributed by atoms with Gasteiger partial charge in [0.2, 0.25) is 0 Å². The topological polar surface area (TPSA) is 77.2 Å². The average molecular weight is 397 g/mol. The number of nitrogens with one attached hydrogen (secondary N) is 1. The third kappa shape index (κ3) is 4.26. The lowest BCUT2D eigenvalue weighted by atomic mass is 10.1. The molecule has 2 heterocycles. The minimum absolute atomic E-state index is 0.765. The van der Waals surface area contributed by atoms with Gasteiger partial charge in [-0.15, -0.1) is 21.2 Å². The molecule has 27 heavy (non-hydrogen) atoms. The molecule has 0 radical (unpaired) electrons. The molecule has 9 heteroatoms. The van der Waals surface area contributed by atoms with Crippen LogP contribution in [0.2, 0.25) is 0 Å². The van der Waals surface area contributed by atoms with Crippen molar-refractivity contribution in [3.8, 4) is 5.75 Å². The lowest BCUT2D eigenvalue weighted by Crippen LogP contribution is -2.08. The normalized spacial score (nSPS) is 11.3. The number of aromatic nitrogens is 4. The fourth-order valence-corrected chi connectivity index (χ4v) is 4.51. The average Bonchev–Trinajstić information content (AvgIpc) is 3.35. The van der Waals surface area contributed by atoms with Crippen molar-refractivity contribution in [1.29, 1.82) is 0 Å². The van der Waals surface area contributed by atoms with Gasteiger partial charge in [-0.1, -0.05) is 23.9 Å². The van der Waals surface area contributed by atoms with E-state index in [0.29, 0.717) is 0 Å². The highest BCUT2D eigenvalue weighted by atomic mass is 32.2. The SMILES string of the molecule is COc1ccc(C=NNn2cncn2)cc1CSc1nc2ccccc2s1. The Hall–Kier alpha value is -2.91. The van der Waals surface area contributed by atoms with E-state index in [1.54, 1.807) is 36.4 Å². The van der Waals surface area contributed by atoms with Gasteiger partial charge in [-0.25, -0.2) is 9.97 Å². The number of benzene rings is 2.